The van der Waals surface area contributed by atoms with Crippen LogP contribution in [0.2, 0.25) is 0 Å². The molecule has 0 aromatic heterocycles. The van der Waals surface area contributed by atoms with Crippen molar-refractivity contribution >= 4 is 11.9 Å². The van der Waals surface area contributed by atoms with E-state index in [0.29, 0.717) is 6.42 Å². The fourth-order valence-corrected chi connectivity index (χ4v) is 2.36. The maximum absolute atomic E-state index is 11.9. The molecule has 0 aliphatic heterocycles. The van der Waals surface area contributed by atoms with Gasteiger partial charge in [0, 0.05) is 0 Å². The number of hydrogen-bond acceptors (Lipinski definition) is 3. The third kappa shape index (κ3) is 5.59. The Kier molecular flexibility index (Phi) is 6.84. The molecule has 5 heteroatoms. The van der Waals surface area contributed by atoms with Gasteiger partial charge < -0.3 is 15.2 Å². The maximum Gasteiger partial charge on any atom is 0.326 e. The second-order valence-corrected chi connectivity index (χ2v) is 5.20. The molecule has 0 aromatic rings. The largest absolute Gasteiger partial charge is 0.480 e. The minimum atomic E-state index is -1.00. The summed E-state index contributed by atoms with van der Waals surface area (Å²) in [5.41, 5.74) is 0. The number of carbonyl (C=O) groups is 2. The molecule has 0 spiro atoms. The van der Waals surface area contributed by atoms with E-state index in [1.54, 1.807) is 13.8 Å². The summed E-state index contributed by atoms with van der Waals surface area (Å²) in [7, 11) is 0. The fourth-order valence-electron chi connectivity index (χ4n) is 2.36. The number of carboxylic acid groups (broad SMARTS) is 1. The van der Waals surface area contributed by atoms with Crippen LogP contribution in [0.3, 0.4) is 0 Å². The molecule has 0 radical (unpaired) electrons. The van der Waals surface area contributed by atoms with Crippen LogP contribution in [0.1, 0.15) is 58.8 Å². The summed E-state index contributed by atoms with van der Waals surface area (Å²) in [5, 5.41) is 11.4. The first-order valence-electron chi connectivity index (χ1n) is 7.23. The molecule has 110 valence electrons. The van der Waals surface area contributed by atoms with Gasteiger partial charge in [-0.05, 0) is 26.2 Å². The van der Waals surface area contributed by atoms with Crippen LogP contribution in [-0.2, 0) is 14.3 Å². The van der Waals surface area contributed by atoms with E-state index in [4.69, 9.17) is 9.84 Å². The lowest BCUT2D eigenvalue weighted by atomic mass is 10.1. The molecule has 1 amide bonds. The van der Waals surface area contributed by atoms with E-state index < -0.39 is 18.1 Å². The molecule has 19 heavy (non-hydrogen) atoms. The lowest BCUT2D eigenvalue weighted by molar-refractivity contribution is -0.145. The lowest BCUT2D eigenvalue weighted by Crippen LogP contribution is -2.45. The van der Waals surface area contributed by atoms with E-state index >= 15 is 0 Å². The van der Waals surface area contributed by atoms with E-state index in [2.05, 4.69) is 5.32 Å². The molecular weight excluding hydrogens is 246 g/mol. The van der Waals surface area contributed by atoms with Crippen molar-refractivity contribution in [3.8, 4) is 0 Å². The number of rotatable bonds is 6. The normalized spacial score (nSPS) is 20.3. The molecular formula is C14H25NO4. The number of hydrogen-bond donors (Lipinski definition) is 2. The van der Waals surface area contributed by atoms with Crippen LogP contribution in [0.4, 0.5) is 0 Å². The Morgan fingerprint density at radius 1 is 1.26 bits per heavy atom. The van der Waals surface area contributed by atoms with E-state index in [1.165, 1.54) is 12.8 Å². The molecule has 1 rings (SSSR count). The van der Waals surface area contributed by atoms with E-state index in [9.17, 15) is 9.59 Å². The minimum Gasteiger partial charge on any atom is -0.480 e. The number of ether oxygens (including phenoxy) is 1. The van der Waals surface area contributed by atoms with Crippen molar-refractivity contribution in [1.82, 2.24) is 5.32 Å². The van der Waals surface area contributed by atoms with Crippen LogP contribution in [0.5, 0.6) is 0 Å². The Labute approximate surface area is 114 Å². The highest BCUT2D eigenvalue weighted by molar-refractivity contribution is 5.85. The summed E-state index contributed by atoms with van der Waals surface area (Å²) in [6.07, 6.45) is 6.66. The van der Waals surface area contributed by atoms with Gasteiger partial charge in [-0.3, -0.25) is 4.79 Å². The Balaban J connectivity index is 2.40. The molecule has 2 unspecified atom stereocenters. The Hall–Kier alpha value is -1.10. The Bertz CT molecular complexity index is 298. The zero-order valence-electron chi connectivity index (χ0n) is 11.9. The number of aliphatic carboxylic acids is 1. The molecule has 2 atom stereocenters. The minimum absolute atomic E-state index is 0.133. The number of carbonyl (C=O) groups excluding carboxylic acids is 1. The zero-order valence-corrected chi connectivity index (χ0v) is 11.9. The predicted molar refractivity (Wildman–Crippen MR) is 71.9 cm³/mol. The van der Waals surface area contributed by atoms with Crippen LogP contribution >= 0.6 is 0 Å². The highest BCUT2D eigenvalue weighted by atomic mass is 16.5. The maximum atomic E-state index is 11.9. The molecule has 0 bridgehead atoms. The van der Waals surface area contributed by atoms with Gasteiger partial charge >= 0.3 is 5.97 Å². The van der Waals surface area contributed by atoms with Gasteiger partial charge in [0.1, 0.15) is 12.1 Å². The molecule has 0 saturated heterocycles. The summed E-state index contributed by atoms with van der Waals surface area (Å²) in [5.74, 6) is -1.34. The quantitative estimate of drug-likeness (QED) is 0.725. The molecule has 0 heterocycles. The number of amides is 1. The van der Waals surface area contributed by atoms with Crippen molar-refractivity contribution in [3.63, 3.8) is 0 Å². The first-order chi connectivity index (χ1) is 9.04. The summed E-state index contributed by atoms with van der Waals surface area (Å²) < 4.78 is 5.75. The summed E-state index contributed by atoms with van der Waals surface area (Å²) in [6, 6.07) is -0.826. The summed E-state index contributed by atoms with van der Waals surface area (Å²) >= 11 is 0. The van der Waals surface area contributed by atoms with Gasteiger partial charge in [0.15, 0.2) is 0 Å². The van der Waals surface area contributed by atoms with Gasteiger partial charge in [0.25, 0.3) is 0 Å². The second-order valence-electron chi connectivity index (χ2n) is 5.20. The highest BCUT2D eigenvalue weighted by Gasteiger charge is 2.24. The zero-order chi connectivity index (χ0) is 14.3. The van der Waals surface area contributed by atoms with Gasteiger partial charge in [0.05, 0.1) is 6.10 Å². The third-order valence-corrected chi connectivity index (χ3v) is 3.59. The first kappa shape index (κ1) is 16.0. The van der Waals surface area contributed by atoms with Crippen LogP contribution in [0.15, 0.2) is 0 Å². The van der Waals surface area contributed by atoms with Gasteiger partial charge in [0.2, 0.25) is 5.91 Å². The average Bonchev–Trinajstić information content (AvgIpc) is 2.63. The van der Waals surface area contributed by atoms with Crippen molar-refractivity contribution in [2.45, 2.75) is 77.0 Å². The van der Waals surface area contributed by atoms with Gasteiger partial charge in [-0.15, -0.1) is 0 Å². The van der Waals surface area contributed by atoms with Crippen LogP contribution in [0.25, 0.3) is 0 Å². The lowest BCUT2D eigenvalue weighted by Gasteiger charge is -2.22. The van der Waals surface area contributed by atoms with Crippen LogP contribution in [-0.4, -0.2) is 35.2 Å². The van der Waals surface area contributed by atoms with E-state index in [1.807, 2.05) is 0 Å². The molecule has 1 saturated carbocycles. The molecule has 1 aliphatic rings. The molecule has 5 nitrogen and oxygen atoms in total. The van der Waals surface area contributed by atoms with Gasteiger partial charge in [-0.1, -0.05) is 32.6 Å². The van der Waals surface area contributed by atoms with Crippen molar-refractivity contribution in [2.24, 2.45) is 0 Å². The summed E-state index contributed by atoms with van der Waals surface area (Å²) in [6.45, 7) is 3.42. The van der Waals surface area contributed by atoms with Crippen molar-refractivity contribution < 1.29 is 19.4 Å². The molecule has 1 fully saturated rings. The van der Waals surface area contributed by atoms with Gasteiger partial charge in [-0.2, -0.15) is 0 Å². The molecule has 2 N–H and O–H groups in total. The van der Waals surface area contributed by atoms with Crippen molar-refractivity contribution in [3.05, 3.63) is 0 Å². The smallest absolute Gasteiger partial charge is 0.326 e. The topological polar surface area (TPSA) is 75.6 Å². The predicted octanol–water partition coefficient (Wildman–Crippen LogP) is 2.09. The first-order valence-corrected chi connectivity index (χ1v) is 7.23. The number of nitrogens with one attached hydrogen (secondary N) is 1. The Morgan fingerprint density at radius 3 is 2.32 bits per heavy atom. The SMILES string of the molecule is CCC(NC(=O)C(C)OC1CCCCCC1)C(=O)O. The van der Waals surface area contributed by atoms with Crippen LogP contribution < -0.4 is 5.32 Å². The average molecular weight is 271 g/mol. The van der Waals surface area contributed by atoms with Crippen molar-refractivity contribution in [1.29, 1.82) is 0 Å². The molecule has 0 aromatic carbocycles. The second kappa shape index (κ2) is 8.15. The number of carboxylic acids is 1. The van der Waals surface area contributed by atoms with E-state index in [0.717, 1.165) is 25.7 Å². The van der Waals surface area contributed by atoms with Crippen molar-refractivity contribution in [2.75, 3.05) is 0 Å². The molecule has 1 aliphatic carbocycles. The van der Waals surface area contributed by atoms with Crippen LogP contribution in [0, 0.1) is 0 Å². The third-order valence-electron chi connectivity index (χ3n) is 3.59. The summed E-state index contributed by atoms with van der Waals surface area (Å²) in [4.78, 5) is 22.7. The highest BCUT2D eigenvalue weighted by Crippen LogP contribution is 2.20. The Morgan fingerprint density at radius 2 is 1.84 bits per heavy atom. The van der Waals surface area contributed by atoms with E-state index in [-0.39, 0.29) is 12.0 Å². The van der Waals surface area contributed by atoms with Gasteiger partial charge in [-0.25, -0.2) is 4.79 Å². The standard InChI is InChI=1S/C14H25NO4/c1-3-12(14(17)18)15-13(16)10(2)19-11-8-6-4-5-7-9-11/h10-12H,3-9H2,1-2H3,(H,15,16)(H,17,18). The monoisotopic (exact) mass is 271 g/mol. The fraction of sp³-hybridized carbons (Fsp3) is 0.857.